The molecule has 0 atom stereocenters. The molecule has 3 aromatic rings. The quantitative estimate of drug-likeness (QED) is 0.682. The van der Waals surface area contributed by atoms with Crippen molar-refractivity contribution in [2.75, 3.05) is 0 Å². The molecule has 1 aromatic carbocycles. The molecule has 0 radical (unpaired) electrons. The summed E-state index contributed by atoms with van der Waals surface area (Å²) >= 11 is 6.32. The molecule has 1 N–H and O–H groups in total. The predicted octanol–water partition coefficient (Wildman–Crippen LogP) is 4.13. The van der Waals surface area contributed by atoms with Gasteiger partial charge in [-0.3, -0.25) is 9.36 Å². The highest BCUT2D eigenvalue weighted by atomic mass is 32.1. The Labute approximate surface area is 125 Å². The fourth-order valence-corrected chi connectivity index (χ4v) is 3.19. The van der Waals surface area contributed by atoms with Gasteiger partial charge in [0.25, 0.3) is 5.56 Å². The van der Waals surface area contributed by atoms with E-state index in [0.717, 1.165) is 10.6 Å². The van der Waals surface area contributed by atoms with Crippen molar-refractivity contribution in [1.29, 1.82) is 0 Å². The Bertz CT molecular complexity index is 937. The zero-order valence-corrected chi connectivity index (χ0v) is 11.9. The summed E-state index contributed by atoms with van der Waals surface area (Å²) in [4.78, 5) is 15.7. The molecule has 21 heavy (non-hydrogen) atoms. The van der Waals surface area contributed by atoms with Gasteiger partial charge in [-0.25, -0.2) is 0 Å². The smallest absolute Gasteiger partial charge is 0.323 e. The number of thiophene rings is 1. The molecule has 3 rings (SSSR count). The summed E-state index contributed by atoms with van der Waals surface area (Å²) in [5, 5.41) is 1.99. The number of aromatic amines is 1. The lowest BCUT2D eigenvalue weighted by molar-refractivity contribution is -0.137. The van der Waals surface area contributed by atoms with Crippen molar-refractivity contribution in [3.05, 3.63) is 56.4 Å². The third-order valence-electron chi connectivity index (χ3n) is 2.97. The second kappa shape index (κ2) is 4.81. The maximum atomic E-state index is 13.1. The van der Waals surface area contributed by atoms with Crippen LogP contribution in [0.25, 0.3) is 15.9 Å². The van der Waals surface area contributed by atoms with E-state index in [1.807, 2.05) is 0 Å². The van der Waals surface area contributed by atoms with Crippen molar-refractivity contribution in [1.82, 2.24) is 9.55 Å². The number of fused-ring (bicyclic) bond motifs is 1. The number of hydrogen-bond acceptors (Lipinski definition) is 3. The molecule has 0 aliphatic carbocycles. The van der Waals surface area contributed by atoms with E-state index in [-0.39, 0.29) is 10.5 Å². The third-order valence-corrected chi connectivity index (χ3v) is 4.09. The van der Waals surface area contributed by atoms with Gasteiger partial charge in [0.1, 0.15) is 4.83 Å². The van der Waals surface area contributed by atoms with Crippen LogP contribution in [0, 0.1) is 4.77 Å². The van der Waals surface area contributed by atoms with Gasteiger partial charge in [-0.15, -0.1) is 11.3 Å². The van der Waals surface area contributed by atoms with Crippen molar-refractivity contribution in [3.63, 3.8) is 0 Å². The normalized spacial score (nSPS) is 12.0. The SMILES string of the molecule is O=c1c2ccsc2[nH]c(=S)n1-c1ccccc1C(F)(F)F. The Kier molecular flexibility index (Phi) is 3.22. The first kappa shape index (κ1) is 14.0. The highest BCUT2D eigenvalue weighted by Crippen LogP contribution is 2.33. The van der Waals surface area contributed by atoms with Gasteiger partial charge >= 0.3 is 6.18 Å². The standard InChI is InChI=1S/C13H7F3N2OS2/c14-13(15,16)8-3-1-2-4-9(8)18-11(19)7-5-6-21-10(7)17-12(18)20/h1-6H,(H,17,20). The summed E-state index contributed by atoms with van der Waals surface area (Å²) in [7, 11) is 0. The highest BCUT2D eigenvalue weighted by Gasteiger charge is 2.34. The van der Waals surface area contributed by atoms with Gasteiger partial charge in [0, 0.05) is 0 Å². The van der Waals surface area contributed by atoms with Crippen LogP contribution in [-0.4, -0.2) is 9.55 Å². The summed E-state index contributed by atoms with van der Waals surface area (Å²) in [6.07, 6.45) is -4.57. The topological polar surface area (TPSA) is 37.8 Å². The second-order valence-corrected chi connectivity index (χ2v) is 5.55. The monoisotopic (exact) mass is 328 g/mol. The molecule has 0 aliphatic heterocycles. The molecule has 0 spiro atoms. The van der Waals surface area contributed by atoms with Crippen molar-refractivity contribution in [2.24, 2.45) is 0 Å². The second-order valence-electron chi connectivity index (χ2n) is 4.25. The largest absolute Gasteiger partial charge is 0.418 e. The number of aromatic nitrogens is 2. The van der Waals surface area contributed by atoms with Crippen LogP contribution in [0.2, 0.25) is 0 Å². The van der Waals surface area contributed by atoms with Gasteiger partial charge in [0.15, 0.2) is 4.77 Å². The van der Waals surface area contributed by atoms with Gasteiger partial charge in [-0.1, -0.05) is 12.1 Å². The van der Waals surface area contributed by atoms with Crippen molar-refractivity contribution in [2.45, 2.75) is 6.18 Å². The summed E-state index contributed by atoms with van der Waals surface area (Å²) in [5.41, 5.74) is -1.74. The van der Waals surface area contributed by atoms with E-state index in [9.17, 15) is 18.0 Å². The number of nitrogens with zero attached hydrogens (tertiary/aromatic N) is 1. The van der Waals surface area contributed by atoms with E-state index in [1.54, 1.807) is 11.4 Å². The van der Waals surface area contributed by atoms with E-state index in [1.165, 1.54) is 29.5 Å². The van der Waals surface area contributed by atoms with Crippen LogP contribution in [0.5, 0.6) is 0 Å². The van der Waals surface area contributed by atoms with Gasteiger partial charge < -0.3 is 4.98 Å². The molecule has 0 unspecified atom stereocenters. The number of para-hydroxylation sites is 1. The average molecular weight is 328 g/mol. The van der Waals surface area contributed by atoms with Crippen LogP contribution in [0.15, 0.2) is 40.5 Å². The van der Waals surface area contributed by atoms with Crippen LogP contribution in [-0.2, 0) is 6.18 Å². The molecule has 0 saturated heterocycles. The minimum Gasteiger partial charge on any atom is -0.323 e. The van der Waals surface area contributed by atoms with Crippen LogP contribution >= 0.6 is 23.6 Å². The van der Waals surface area contributed by atoms with Gasteiger partial charge in [-0.05, 0) is 35.8 Å². The lowest BCUT2D eigenvalue weighted by Gasteiger charge is -2.14. The molecular formula is C13H7F3N2OS2. The van der Waals surface area contributed by atoms with Gasteiger partial charge in [0.05, 0.1) is 16.6 Å². The Balaban J connectivity index is 2.42. The van der Waals surface area contributed by atoms with Crippen molar-refractivity contribution >= 4 is 33.8 Å². The number of benzene rings is 1. The molecule has 108 valence electrons. The molecule has 0 bridgehead atoms. The first-order valence-electron chi connectivity index (χ1n) is 5.79. The van der Waals surface area contributed by atoms with Crippen molar-refractivity contribution in [3.8, 4) is 5.69 Å². The lowest BCUT2D eigenvalue weighted by Crippen LogP contribution is -2.23. The fourth-order valence-electron chi connectivity index (χ4n) is 2.07. The Hall–Kier alpha value is -1.93. The van der Waals surface area contributed by atoms with E-state index in [4.69, 9.17) is 12.2 Å². The summed E-state index contributed by atoms with van der Waals surface area (Å²) in [5.74, 6) is 0. The number of alkyl halides is 3. The number of nitrogens with one attached hydrogen (secondary N) is 1. The molecule has 0 amide bonds. The molecule has 0 fully saturated rings. The van der Waals surface area contributed by atoms with E-state index >= 15 is 0 Å². The van der Waals surface area contributed by atoms with Crippen LogP contribution < -0.4 is 5.56 Å². The van der Waals surface area contributed by atoms with Crippen LogP contribution in [0.4, 0.5) is 13.2 Å². The lowest BCUT2D eigenvalue weighted by atomic mass is 10.1. The van der Waals surface area contributed by atoms with E-state index in [2.05, 4.69) is 4.98 Å². The van der Waals surface area contributed by atoms with E-state index < -0.39 is 17.3 Å². The molecule has 3 nitrogen and oxygen atoms in total. The Morgan fingerprint density at radius 2 is 1.90 bits per heavy atom. The van der Waals surface area contributed by atoms with Crippen LogP contribution in [0.1, 0.15) is 5.56 Å². The third kappa shape index (κ3) is 2.30. The highest BCUT2D eigenvalue weighted by molar-refractivity contribution is 7.71. The van der Waals surface area contributed by atoms with Crippen LogP contribution in [0.3, 0.4) is 0 Å². The van der Waals surface area contributed by atoms with E-state index in [0.29, 0.717) is 10.2 Å². The first-order valence-corrected chi connectivity index (χ1v) is 7.07. The zero-order chi connectivity index (χ0) is 15.2. The Morgan fingerprint density at radius 3 is 2.62 bits per heavy atom. The fraction of sp³-hybridized carbons (Fsp3) is 0.0769. The number of H-pyrrole nitrogens is 1. The maximum Gasteiger partial charge on any atom is 0.418 e. The van der Waals surface area contributed by atoms with Gasteiger partial charge in [0.2, 0.25) is 0 Å². The van der Waals surface area contributed by atoms with Gasteiger partial charge in [-0.2, -0.15) is 13.2 Å². The summed E-state index contributed by atoms with van der Waals surface area (Å²) < 4.78 is 40.1. The minimum atomic E-state index is -4.57. The number of hydrogen-bond donors (Lipinski definition) is 1. The maximum absolute atomic E-state index is 13.1. The predicted molar refractivity (Wildman–Crippen MR) is 77.6 cm³/mol. The zero-order valence-electron chi connectivity index (χ0n) is 10.3. The number of rotatable bonds is 1. The minimum absolute atomic E-state index is 0.0633. The number of halogens is 3. The van der Waals surface area contributed by atoms with Crippen molar-refractivity contribution < 1.29 is 13.2 Å². The summed E-state index contributed by atoms with van der Waals surface area (Å²) in [6, 6.07) is 6.41. The molecule has 0 saturated carbocycles. The molecular weight excluding hydrogens is 321 g/mol. The first-order chi connectivity index (χ1) is 9.89. The molecule has 8 heteroatoms. The Morgan fingerprint density at radius 1 is 1.19 bits per heavy atom. The molecule has 2 heterocycles. The molecule has 0 aliphatic rings. The summed E-state index contributed by atoms with van der Waals surface area (Å²) in [6.45, 7) is 0. The molecule has 2 aromatic heterocycles. The average Bonchev–Trinajstić information content (AvgIpc) is 2.86.